The lowest BCUT2D eigenvalue weighted by molar-refractivity contribution is -0.154. The molecular formula is C20H22N2O6. The summed E-state index contributed by atoms with van der Waals surface area (Å²) in [7, 11) is 3.01. The quantitative estimate of drug-likeness (QED) is 0.554. The van der Waals surface area contributed by atoms with Crippen LogP contribution in [-0.2, 0) is 20.7 Å². The van der Waals surface area contributed by atoms with E-state index in [1.165, 1.54) is 21.1 Å². The van der Waals surface area contributed by atoms with Crippen LogP contribution in [0.2, 0.25) is 0 Å². The Labute approximate surface area is 162 Å². The van der Waals surface area contributed by atoms with Gasteiger partial charge in [0.1, 0.15) is 0 Å². The van der Waals surface area contributed by atoms with Gasteiger partial charge in [-0.05, 0) is 36.8 Å². The summed E-state index contributed by atoms with van der Waals surface area (Å²) < 4.78 is 15.4. The van der Waals surface area contributed by atoms with E-state index in [0.717, 1.165) is 0 Å². The predicted octanol–water partition coefficient (Wildman–Crippen LogP) is 1.64. The zero-order valence-electron chi connectivity index (χ0n) is 15.9. The molecule has 0 spiro atoms. The third-order valence-electron chi connectivity index (χ3n) is 3.81. The molecule has 0 radical (unpaired) electrons. The van der Waals surface area contributed by atoms with E-state index >= 15 is 0 Å². The average molecular weight is 386 g/mol. The third-order valence-corrected chi connectivity index (χ3v) is 3.81. The summed E-state index contributed by atoms with van der Waals surface area (Å²) >= 11 is 0. The summed E-state index contributed by atoms with van der Waals surface area (Å²) in [5.41, 5.74) is 5.54. The molecule has 0 heterocycles. The summed E-state index contributed by atoms with van der Waals surface area (Å²) in [5, 5.41) is 0. The maximum absolute atomic E-state index is 12.1. The van der Waals surface area contributed by atoms with Crippen LogP contribution in [0.5, 0.6) is 11.5 Å². The zero-order chi connectivity index (χ0) is 20.5. The van der Waals surface area contributed by atoms with Crippen molar-refractivity contribution in [3.8, 4) is 11.5 Å². The molecule has 0 aliphatic rings. The average Bonchev–Trinajstić information content (AvgIpc) is 2.71. The number of hydrazine groups is 1. The van der Waals surface area contributed by atoms with Gasteiger partial charge in [-0.3, -0.25) is 25.2 Å². The SMILES string of the molecule is COc1ccc(CC(=O)O[C@@H](C)C(=O)NNC(=O)c2ccccc2)cc1OC. The molecule has 8 heteroatoms. The minimum atomic E-state index is -1.08. The fourth-order valence-electron chi connectivity index (χ4n) is 2.33. The molecule has 0 unspecified atom stereocenters. The van der Waals surface area contributed by atoms with Crippen LogP contribution in [0.25, 0.3) is 0 Å². The van der Waals surface area contributed by atoms with Gasteiger partial charge in [0.25, 0.3) is 11.8 Å². The molecule has 2 aromatic carbocycles. The first-order valence-electron chi connectivity index (χ1n) is 8.50. The fraction of sp³-hybridized carbons (Fsp3) is 0.250. The molecule has 148 valence electrons. The van der Waals surface area contributed by atoms with Gasteiger partial charge in [-0.1, -0.05) is 24.3 Å². The zero-order valence-corrected chi connectivity index (χ0v) is 15.9. The van der Waals surface area contributed by atoms with E-state index in [1.54, 1.807) is 48.5 Å². The molecule has 2 rings (SSSR count). The number of amides is 2. The highest BCUT2D eigenvalue weighted by molar-refractivity contribution is 5.95. The molecule has 0 saturated carbocycles. The summed E-state index contributed by atoms with van der Waals surface area (Å²) in [6, 6.07) is 13.4. The molecule has 0 saturated heterocycles. The molecule has 2 amide bonds. The van der Waals surface area contributed by atoms with E-state index in [4.69, 9.17) is 14.2 Å². The number of carbonyl (C=O) groups is 3. The molecule has 1 atom stereocenters. The maximum atomic E-state index is 12.1. The number of esters is 1. The topological polar surface area (TPSA) is 103 Å². The number of hydrogen-bond donors (Lipinski definition) is 2. The summed E-state index contributed by atoms with van der Waals surface area (Å²) in [5.74, 6) is -0.685. The standard InChI is InChI=1S/C20H22N2O6/c1-13(19(24)21-22-20(25)15-7-5-4-6-8-15)28-18(23)12-14-9-10-16(26-2)17(11-14)27-3/h4-11,13H,12H2,1-3H3,(H,21,24)(H,22,25)/t13-/m0/s1. The van der Waals surface area contributed by atoms with E-state index in [9.17, 15) is 14.4 Å². The molecular weight excluding hydrogens is 364 g/mol. The molecule has 0 aliphatic heterocycles. The van der Waals surface area contributed by atoms with Gasteiger partial charge in [-0.2, -0.15) is 0 Å². The monoisotopic (exact) mass is 386 g/mol. The fourth-order valence-corrected chi connectivity index (χ4v) is 2.33. The molecule has 2 N–H and O–H groups in total. The Hall–Kier alpha value is -3.55. The molecule has 0 aliphatic carbocycles. The van der Waals surface area contributed by atoms with Crippen LogP contribution in [-0.4, -0.2) is 38.1 Å². The van der Waals surface area contributed by atoms with E-state index in [1.807, 2.05) is 0 Å². The lowest BCUT2D eigenvalue weighted by Gasteiger charge is -2.14. The highest BCUT2D eigenvalue weighted by Gasteiger charge is 2.19. The van der Waals surface area contributed by atoms with Gasteiger partial charge in [0.15, 0.2) is 17.6 Å². The van der Waals surface area contributed by atoms with Gasteiger partial charge < -0.3 is 14.2 Å². The molecule has 28 heavy (non-hydrogen) atoms. The van der Waals surface area contributed by atoms with Crippen molar-refractivity contribution in [3.63, 3.8) is 0 Å². The Kier molecular flexibility index (Phi) is 7.38. The van der Waals surface area contributed by atoms with E-state index in [2.05, 4.69) is 10.9 Å². The second kappa shape index (κ2) is 9.96. The normalized spacial score (nSPS) is 11.1. The van der Waals surface area contributed by atoms with Crippen molar-refractivity contribution in [1.82, 2.24) is 10.9 Å². The minimum Gasteiger partial charge on any atom is -0.493 e. The number of ether oxygens (including phenoxy) is 3. The summed E-state index contributed by atoms with van der Waals surface area (Å²) in [6.07, 6.45) is -1.13. The minimum absolute atomic E-state index is 0.0473. The van der Waals surface area contributed by atoms with Crippen LogP contribution in [0.15, 0.2) is 48.5 Å². The van der Waals surface area contributed by atoms with Crippen LogP contribution in [0.4, 0.5) is 0 Å². The second-order valence-electron chi connectivity index (χ2n) is 5.81. The first-order chi connectivity index (χ1) is 13.4. The largest absolute Gasteiger partial charge is 0.493 e. The van der Waals surface area contributed by atoms with Gasteiger partial charge in [0, 0.05) is 5.56 Å². The van der Waals surface area contributed by atoms with Crippen molar-refractivity contribution in [2.24, 2.45) is 0 Å². The van der Waals surface area contributed by atoms with Crippen molar-refractivity contribution in [2.45, 2.75) is 19.4 Å². The van der Waals surface area contributed by atoms with Gasteiger partial charge in [-0.15, -0.1) is 0 Å². The van der Waals surface area contributed by atoms with E-state index in [0.29, 0.717) is 22.6 Å². The van der Waals surface area contributed by atoms with Gasteiger partial charge in [0.2, 0.25) is 0 Å². The smallest absolute Gasteiger partial charge is 0.311 e. The maximum Gasteiger partial charge on any atom is 0.311 e. The first-order valence-corrected chi connectivity index (χ1v) is 8.50. The highest BCUT2D eigenvalue weighted by Crippen LogP contribution is 2.27. The summed E-state index contributed by atoms with van der Waals surface area (Å²) in [6.45, 7) is 1.41. The Balaban J connectivity index is 1.84. The van der Waals surface area contributed by atoms with Crippen LogP contribution < -0.4 is 20.3 Å². The van der Waals surface area contributed by atoms with Crippen LogP contribution >= 0.6 is 0 Å². The molecule has 0 bridgehead atoms. The van der Waals surface area contributed by atoms with Crippen molar-refractivity contribution in [3.05, 3.63) is 59.7 Å². The Bertz CT molecular complexity index is 838. The summed E-state index contributed by atoms with van der Waals surface area (Å²) in [4.78, 5) is 36.0. The van der Waals surface area contributed by atoms with Crippen LogP contribution in [0, 0.1) is 0 Å². The van der Waals surface area contributed by atoms with Gasteiger partial charge in [0.05, 0.1) is 20.6 Å². The van der Waals surface area contributed by atoms with Gasteiger partial charge in [-0.25, -0.2) is 0 Å². The van der Waals surface area contributed by atoms with Crippen LogP contribution in [0.3, 0.4) is 0 Å². The van der Waals surface area contributed by atoms with E-state index < -0.39 is 23.9 Å². The number of carbonyl (C=O) groups excluding carboxylic acids is 3. The van der Waals surface area contributed by atoms with Crippen molar-refractivity contribution < 1.29 is 28.6 Å². The number of nitrogens with one attached hydrogen (secondary N) is 2. The Morgan fingerprint density at radius 1 is 0.929 bits per heavy atom. The van der Waals surface area contributed by atoms with Crippen molar-refractivity contribution >= 4 is 17.8 Å². The lowest BCUT2D eigenvalue weighted by Crippen LogP contribution is -2.46. The Morgan fingerprint density at radius 3 is 2.25 bits per heavy atom. The lowest BCUT2D eigenvalue weighted by atomic mass is 10.1. The molecule has 0 fully saturated rings. The van der Waals surface area contributed by atoms with Crippen molar-refractivity contribution in [2.75, 3.05) is 14.2 Å². The third kappa shape index (κ3) is 5.73. The highest BCUT2D eigenvalue weighted by atomic mass is 16.5. The number of hydrogen-bond acceptors (Lipinski definition) is 6. The molecule has 8 nitrogen and oxygen atoms in total. The molecule has 0 aromatic heterocycles. The number of methoxy groups -OCH3 is 2. The number of benzene rings is 2. The predicted molar refractivity (Wildman–Crippen MR) is 101 cm³/mol. The second-order valence-corrected chi connectivity index (χ2v) is 5.81. The van der Waals surface area contributed by atoms with Gasteiger partial charge >= 0.3 is 5.97 Å². The van der Waals surface area contributed by atoms with Crippen molar-refractivity contribution in [1.29, 1.82) is 0 Å². The number of rotatable bonds is 7. The van der Waals surface area contributed by atoms with Crippen LogP contribution in [0.1, 0.15) is 22.8 Å². The van der Waals surface area contributed by atoms with E-state index in [-0.39, 0.29) is 6.42 Å². The molecule has 2 aromatic rings. The first kappa shape index (κ1) is 20.8. The Morgan fingerprint density at radius 2 is 1.61 bits per heavy atom.